The van der Waals surface area contributed by atoms with Crippen molar-refractivity contribution in [3.8, 4) is 0 Å². The Bertz CT molecular complexity index is 352. The zero-order valence-corrected chi connectivity index (χ0v) is 13.3. The Morgan fingerprint density at radius 3 is 2.17 bits per heavy atom. The molecule has 0 N–H and O–H groups in total. The SMILES string of the molecule is FC(F)(F)C(F)(F)C(F)(F)CCCCCOCCC1CCCCO1. The highest BCUT2D eigenvalue weighted by Gasteiger charge is 2.72. The van der Waals surface area contributed by atoms with Crippen molar-refractivity contribution < 1.29 is 40.2 Å². The van der Waals surface area contributed by atoms with Crippen LogP contribution in [0.15, 0.2) is 0 Å². The second kappa shape index (κ2) is 9.22. The van der Waals surface area contributed by atoms with Crippen LogP contribution in [-0.2, 0) is 9.47 Å². The third kappa shape index (κ3) is 6.38. The van der Waals surface area contributed by atoms with Crippen LogP contribution in [0.1, 0.15) is 51.4 Å². The molecule has 0 aliphatic carbocycles. The lowest BCUT2D eigenvalue weighted by Crippen LogP contribution is -2.51. The average Bonchev–Trinajstić information content (AvgIpc) is 2.49. The molecular weight excluding hydrogens is 345 g/mol. The highest BCUT2D eigenvalue weighted by atomic mass is 19.4. The summed E-state index contributed by atoms with van der Waals surface area (Å²) in [6, 6.07) is 0. The zero-order valence-electron chi connectivity index (χ0n) is 13.3. The summed E-state index contributed by atoms with van der Waals surface area (Å²) in [5.74, 6) is -11.1. The van der Waals surface area contributed by atoms with Crippen LogP contribution in [0.2, 0.25) is 0 Å². The van der Waals surface area contributed by atoms with Gasteiger partial charge >= 0.3 is 18.0 Å². The van der Waals surface area contributed by atoms with Gasteiger partial charge in [-0.1, -0.05) is 6.42 Å². The summed E-state index contributed by atoms with van der Waals surface area (Å²) in [5, 5.41) is 0. The molecule has 0 aromatic heterocycles. The summed E-state index contributed by atoms with van der Waals surface area (Å²) in [7, 11) is 0. The van der Waals surface area contributed by atoms with Crippen LogP contribution < -0.4 is 0 Å². The van der Waals surface area contributed by atoms with E-state index in [4.69, 9.17) is 9.47 Å². The smallest absolute Gasteiger partial charge is 0.381 e. The van der Waals surface area contributed by atoms with Gasteiger partial charge in [0.2, 0.25) is 0 Å². The quantitative estimate of drug-likeness (QED) is 0.382. The standard InChI is InChI=1S/C15H23F7O2/c16-13(17,14(18,19)15(20,21)22)8-3-1-4-9-23-11-7-12-6-2-5-10-24-12/h12H,1-11H2. The number of ether oxygens (including phenoxy) is 2. The average molecular weight is 368 g/mol. The lowest BCUT2D eigenvalue weighted by Gasteiger charge is -2.28. The van der Waals surface area contributed by atoms with Crippen molar-refractivity contribution in [2.24, 2.45) is 0 Å². The molecule has 0 aromatic carbocycles. The third-order valence-corrected chi connectivity index (χ3v) is 3.95. The Balaban J connectivity index is 2.08. The summed E-state index contributed by atoms with van der Waals surface area (Å²) >= 11 is 0. The molecule has 9 heteroatoms. The molecule has 1 aliphatic rings. The molecule has 0 bridgehead atoms. The summed E-state index contributed by atoms with van der Waals surface area (Å²) in [6.07, 6.45) is -3.70. The second-order valence-electron chi connectivity index (χ2n) is 5.98. The second-order valence-corrected chi connectivity index (χ2v) is 5.98. The molecule has 1 aliphatic heterocycles. The first-order valence-electron chi connectivity index (χ1n) is 8.09. The van der Waals surface area contributed by atoms with Crippen LogP contribution in [0, 0.1) is 0 Å². The predicted octanol–water partition coefficient (Wildman–Crippen LogP) is 5.36. The summed E-state index contributed by atoms with van der Waals surface area (Å²) in [4.78, 5) is 0. The molecule has 1 saturated heterocycles. The molecule has 1 heterocycles. The van der Waals surface area contributed by atoms with Gasteiger partial charge in [-0.15, -0.1) is 0 Å². The van der Waals surface area contributed by atoms with Crippen molar-refractivity contribution in [1.29, 1.82) is 0 Å². The number of alkyl halides is 7. The topological polar surface area (TPSA) is 18.5 Å². The van der Waals surface area contributed by atoms with E-state index >= 15 is 0 Å². The molecule has 0 aromatic rings. The van der Waals surface area contributed by atoms with Gasteiger partial charge in [0.05, 0.1) is 6.10 Å². The Labute approximate surface area is 136 Å². The lowest BCUT2D eigenvalue weighted by molar-refractivity contribution is -0.355. The number of halogens is 7. The maximum atomic E-state index is 13.0. The van der Waals surface area contributed by atoms with Gasteiger partial charge in [-0.05, 0) is 38.5 Å². The third-order valence-electron chi connectivity index (χ3n) is 3.95. The molecule has 1 rings (SSSR count). The summed E-state index contributed by atoms with van der Waals surface area (Å²) in [5.41, 5.74) is 0. The molecule has 0 spiro atoms. The lowest BCUT2D eigenvalue weighted by atomic mass is 10.0. The van der Waals surface area contributed by atoms with Gasteiger partial charge in [0.1, 0.15) is 0 Å². The van der Waals surface area contributed by atoms with E-state index in [-0.39, 0.29) is 19.1 Å². The van der Waals surface area contributed by atoms with Gasteiger partial charge < -0.3 is 9.47 Å². The normalized spacial score (nSPS) is 20.4. The molecule has 1 atom stereocenters. The fourth-order valence-electron chi connectivity index (χ4n) is 2.44. The van der Waals surface area contributed by atoms with Crippen molar-refractivity contribution in [2.45, 2.75) is 75.5 Å². The molecule has 1 fully saturated rings. The molecule has 0 radical (unpaired) electrons. The van der Waals surface area contributed by atoms with E-state index in [0.717, 1.165) is 32.3 Å². The Morgan fingerprint density at radius 1 is 0.875 bits per heavy atom. The van der Waals surface area contributed by atoms with Crippen LogP contribution in [0.4, 0.5) is 30.7 Å². The van der Waals surface area contributed by atoms with Crippen LogP contribution >= 0.6 is 0 Å². The maximum Gasteiger partial charge on any atom is 0.459 e. The Morgan fingerprint density at radius 2 is 1.58 bits per heavy atom. The Hall–Kier alpha value is -0.570. The summed E-state index contributed by atoms with van der Waals surface area (Å²) < 4.78 is 97.9. The maximum absolute atomic E-state index is 13.0. The van der Waals surface area contributed by atoms with Crippen molar-refractivity contribution in [2.75, 3.05) is 19.8 Å². The Kier molecular flexibility index (Phi) is 8.25. The van der Waals surface area contributed by atoms with E-state index < -0.39 is 30.9 Å². The van der Waals surface area contributed by atoms with Crippen molar-refractivity contribution in [3.05, 3.63) is 0 Å². The van der Waals surface area contributed by atoms with Gasteiger partial charge in [0, 0.05) is 26.2 Å². The number of hydrogen-bond donors (Lipinski definition) is 0. The van der Waals surface area contributed by atoms with Crippen LogP contribution in [0.3, 0.4) is 0 Å². The fourth-order valence-corrected chi connectivity index (χ4v) is 2.44. The monoisotopic (exact) mass is 368 g/mol. The van der Waals surface area contributed by atoms with Gasteiger partial charge in [0.15, 0.2) is 0 Å². The molecule has 24 heavy (non-hydrogen) atoms. The van der Waals surface area contributed by atoms with E-state index in [9.17, 15) is 30.7 Å². The first-order chi connectivity index (χ1) is 11.1. The van der Waals surface area contributed by atoms with Crippen molar-refractivity contribution >= 4 is 0 Å². The van der Waals surface area contributed by atoms with Crippen molar-refractivity contribution in [1.82, 2.24) is 0 Å². The minimum atomic E-state index is -6.25. The number of hydrogen-bond acceptors (Lipinski definition) is 2. The van der Waals surface area contributed by atoms with E-state index in [1.165, 1.54) is 0 Å². The highest BCUT2D eigenvalue weighted by molar-refractivity contribution is 4.90. The van der Waals surface area contributed by atoms with Gasteiger partial charge in [-0.3, -0.25) is 0 Å². The molecule has 0 saturated carbocycles. The predicted molar refractivity (Wildman–Crippen MR) is 73.4 cm³/mol. The minimum Gasteiger partial charge on any atom is -0.381 e. The summed E-state index contributed by atoms with van der Waals surface area (Å²) in [6.45, 7) is 1.45. The molecule has 144 valence electrons. The van der Waals surface area contributed by atoms with Crippen LogP contribution in [0.25, 0.3) is 0 Å². The molecule has 1 unspecified atom stereocenters. The van der Waals surface area contributed by atoms with Gasteiger partial charge in [0.25, 0.3) is 0 Å². The van der Waals surface area contributed by atoms with Gasteiger partial charge in [-0.2, -0.15) is 30.7 Å². The van der Waals surface area contributed by atoms with Crippen molar-refractivity contribution in [3.63, 3.8) is 0 Å². The van der Waals surface area contributed by atoms with Crippen LogP contribution in [-0.4, -0.2) is 43.9 Å². The number of unbranched alkanes of at least 4 members (excludes halogenated alkanes) is 2. The first kappa shape index (κ1) is 21.5. The van der Waals surface area contributed by atoms with E-state index in [1.807, 2.05) is 0 Å². The largest absolute Gasteiger partial charge is 0.459 e. The first-order valence-corrected chi connectivity index (χ1v) is 8.09. The van der Waals surface area contributed by atoms with Gasteiger partial charge in [-0.25, -0.2) is 0 Å². The van der Waals surface area contributed by atoms with E-state index in [0.29, 0.717) is 13.0 Å². The van der Waals surface area contributed by atoms with Crippen LogP contribution in [0.5, 0.6) is 0 Å². The molecular formula is C15H23F7O2. The van der Waals surface area contributed by atoms with E-state index in [1.54, 1.807) is 0 Å². The molecule has 0 amide bonds. The highest BCUT2D eigenvalue weighted by Crippen LogP contribution is 2.48. The minimum absolute atomic E-state index is 0.101. The molecule has 2 nitrogen and oxygen atoms in total. The fraction of sp³-hybridized carbons (Fsp3) is 1.00. The van der Waals surface area contributed by atoms with E-state index in [2.05, 4.69) is 0 Å². The number of rotatable bonds is 10. The zero-order chi connectivity index (χ0) is 18.3.